The second kappa shape index (κ2) is 12.1. The summed E-state index contributed by atoms with van der Waals surface area (Å²) in [4.78, 5) is 14.2. The van der Waals surface area contributed by atoms with E-state index in [4.69, 9.17) is 30.6 Å². The van der Waals surface area contributed by atoms with Crippen molar-refractivity contribution in [1.82, 2.24) is 19.5 Å². The summed E-state index contributed by atoms with van der Waals surface area (Å²) in [5.74, 6) is 0.309. The van der Waals surface area contributed by atoms with Gasteiger partial charge in [-0.15, -0.1) is 6.42 Å². The second-order valence-corrected chi connectivity index (χ2v) is 11.2. The van der Waals surface area contributed by atoms with Gasteiger partial charge in [-0.3, -0.25) is 4.57 Å². The van der Waals surface area contributed by atoms with Gasteiger partial charge >= 0.3 is 0 Å². The van der Waals surface area contributed by atoms with Crippen molar-refractivity contribution in [2.75, 3.05) is 19.0 Å². The highest BCUT2D eigenvalue weighted by Gasteiger charge is 2.62. The normalized spacial score (nSPS) is 22.8. The van der Waals surface area contributed by atoms with E-state index in [1.54, 1.807) is 21.0 Å². The van der Waals surface area contributed by atoms with Crippen LogP contribution in [-0.4, -0.2) is 49.8 Å². The molecule has 0 bridgehead atoms. The number of nitrogens with zero attached hydrogens (tertiary/aromatic N) is 4. The van der Waals surface area contributed by atoms with E-state index in [1.165, 1.54) is 10.9 Å². The number of rotatable bonds is 10. The third-order valence-electron chi connectivity index (χ3n) is 8.86. The number of methoxy groups -OCH3 is 1. The molecule has 1 aliphatic heterocycles. The van der Waals surface area contributed by atoms with Crippen LogP contribution in [0.2, 0.25) is 0 Å². The third kappa shape index (κ3) is 4.92. The van der Waals surface area contributed by atoms with Crippen LogP contribution in [0.1, 0.15) is 50.1 Å². The smallest absolute Gasteiger partial charge is 0.247 e. The van der Waals surface area contributed by atoms with Gasteiger partial charge in [0.25, 0.3) is 0 Å². The van der Waals surface area contributed by atoms with Crippen molar-refractivity contribution >= 4 is 17.1 Å². The molecule has 2 aromatic heterocycles. The molecule has 1 fully saturated rings. The Kier molecular flexibility index (Phi) is 8.15. The Bertz CT molecular complexity index is 1820. The molecule has 0 amide bonds. The monoisotopic (exact) mass is 621 g/mol. The van der Waals surface area contributed by atoms with Crippen molar-refractivity contribution in [2.45, 2.75) is 50.4 Å². The summed E-state index contributed by atoms with van der Waals surface area (Å²) in [6, 6.07) is 27.7. The molecule has 4 atom stereocenters. The number of anilines is 1. The first kappa shape index (κ1) is 31.0. The highest BCUT2D eigenvalue weighted by atomic mass is 19.2. The predicted molar refractivity (Wildman–Crippen MR) is 173 cm³/mol. The molecule has 0 radical (unpaired) electrons. The molecule has 0 saturated carbocycles. The summed E-state index contributed by atoms with van der Waals surface area (Å²) in [6.45, 7) is 5.32. The van der Waals surface area contributed by atoms with E-state index in [1.807, 2.05) is 91.9 Å². The molecular weight excluding hydrogens is 585 g/mol. The van der Waals surface area contributed by atoms with E-state index in [-0.39, 0.29) is 23.9 Å². The molecule has 0 spiro atoms. The van der Waals surface area contributed by atoms with Gasteiger partial charge < -0.3 is 24.6 Å². The average Bonchev–Trinajstić information content (AvgIpc) is 3.61. The first-order valence-corrected chi connectivity index (χ1v) is 15.2. The predicted octanol–water partition coefficient (Wildman–Crippen LogP) is 6.24. The van der Waals surface area contributed by atoms with Crippen LogP contribution in [-0.2, 0) is 10.3 Å². The Hall–Kier alpha value is -4.98. The maximum atomic E-state index is 15.9. The molecule has 1 aliphatic rings. The maximum absolute atomic E-state index is 15.9. The van der Waals surface area contributed by atoms with Gasteiger partial charge in [0, 0.05) is 6.42 Å². The number of terminal acetylenes is 1. The van der Waals surface area contributed by atoms with Crippen molar-refractivity contribution in [3.05, 3.63) is 108 Å². The number of benzene rings is 3. The number of ether oxygens (including phenoxy) is 3. The third-order valence-corrected chi connectivity index (χ3v) is 8.86. The summed E-state index contributed by atoms with van der Waals surface area (Å²) < 4.78 is 34.6. The van der Waals surface area contributed by atoms with Crippen LogP contribution in [0, 0.1) is 18.3 Å². The molecule has 9 nitrogen and oxygen atoms in total. The summed E-state index contributed by atoms with van der Waals surface area (Å²) in [6.07, 6.45) is 5.92. The summed E-state index contributed by atoms with van der Waals surface area (Å²) in [5.41, 5.74) is 0.306. The molecule has 3 aromatic carbocycles. The van der Waals surface area contributed by atoms with E-state index in [0.29, 0.717) is 17.9 Å². The number of hydrogen-bond acceptors (Lipinski definition) is 8. The molecular formula is C36H36FN5O4. The van der Waals surface area contributed by atoms with Gasteiger partial charge in [-0.25, -0.2) is 9.37 Å². The van der Waals surface area contributed by atoms with Gasteiger partial charge in [0.2, 0.25) is 17.7 Å². The lowest BCUT2D eigenvalue weighted by Gasteiger charge is -2.37. The highest BCUT2D eigenvalue weighted by Crippen LogP contribution is 2.51. The number of aliphatic hydroxyl groups is 1. The van der Waals surface area contributed by atoms with Gasteiger partial charge in [0.05, 0.1) is 26.0 Å². The van der Waals surface area contributed by atoms with E-state index in [9.17, 15) is 5.11 Å². The fourth-order valence-electron chi connectivity index (χ4n) is 6.23. The zero-order valence-corrected chi connectivity index (χ0v) is 26.1. The lowest BCUT2D eigenvalue weighted by molar-refractivity contribution is -0.173. The minimum absolute atomic E-state index is 0.00813. The topological polar surface area (TPSA) is 104 Å². The lowest BCUT2D eigenvalue weighted by atomic mass is 9.77. The summed E-state index contributed by atoms with van der Waals surface area (Å²) >= 11 is 0. The number of aromatic nitrogens is 4. The zero-order valence-electron chi connectivity index (χ0n) is 26.1. The highest BCUT2D eigenvalue weighted by molar-refractivity contribution is 5.78. The molecule has 46 heavy (non-hydrogen) atoms. The SMILES string of the molecule is C#C[C@]1(O)[C@H](n2cnc3c(OCC)nc(NC(c4ccccc4)(c4ccccc4)c4ccc(OC)cc4)nc32)O[C@](F)(CC)[C@H]1C. The van der Waals surface area contributed by atoms with Gasteiger partial charge in [-0.1, -0.05) is 92.6 Å². The van der Waals surface area contributed by atoms with Gasteiger partial charge in [0.1, 0.15) is 11.3 Å². The van der Waals surface area contributed by atoms with Crippen LogP contribution in [0.15, 0.2) is 91.3 Å². The Morgan fingerprint density at radius 3 is 2.15 bits per heavy atom. The van der Waals surface area contributed by atoms with Crippen molar-refractivity contribution in [2.24, 2.45) is 5.92 Å². The standard InChI is InChI=1S/C36H36FN5O4/c1-6-34(43)24(4)35(37,7-2)46-32(34)42-23-38-29-30(42)39-33(40-31(29)45-8-3)41-36(25-15-11-9-12-16-25,26-17-13-10-14-18-26)27-19-21-28(44-5)22-20-27/h1,9-24,32,43H,7-8H2,2-5H3,(H,39,40,41)/t24-,32+,34+,35+/m0/s1. The number of hydrogen-bond donors (Lipinski definition) is 2. The Morgan fingerprint density at radius 2 is 1.61 bits per heavy atom. The Balaban J connectivity index is 1.59. The van der Waals surface area contributed by atoms with Crippen LogP contribution >= 0.6 is 0 Å². The van der Waals surface area contributed by atoms with Crippen molar-refractivity contribution in [3.63, 3.8) is 0 Å². The first-order valence-electron chi connectivity index (χ1n) is 15.2. The van der Waals surface area contributed by atoms with Crippen LogP contribution in [0.4, 0.5) is 10.3 Å². The largest absolute Gasteiger partial charge is 0.497 e. The maximum Gasteiger partial charge on any atom is 0.247 e. The van der Waals surface area contributed by atoms with Gasteiger partial charge in [0.15, 0.2) is 23.0 Å². The number of imidazole rings is 1. The number of nitrogens with one attached hydrogen (secondary N) is 1. The molecule has 0 aliphatic carbocycles. The molecule has 6 rings (SSSR count). The summed E-state index contributed by atoms with van der Waals surface area (Å²) in [7, 11) is 1.62. The summed E-state index contributed by atoms with van der Waals surface area (Å²) in [5, 5.41) is 15.2. The van der Waals surface area contributed by atoms with Crippen molar-refractivity contribution in [1.29, 1.82) is 0 Å². The van der Waals surface area contributed by atoms with Crippen molar-refractivity contribution < 1.29 is 23.7 Å². The van der Waals surface area contributed by atoms with Gasteiger partial charge in [-0.05, 0) is 35.7 Å². The molecule has 10 heteroatoms. The van der Waals surface area contributed by atoms with E-state index in [0.717, 1.165) is 16.7 Å². The van der Waals surface area contributed by atoms with Crippen LogP contribution < -0.4 is 14.8 Å². The molecule has 236 valence electrons. The number of halogens is 1. The quantitative estimate of drug-likeness (QED) is 0.140. The number of alkyl halides is 1. The Morgan fingerprint density at radius 1 is 1.00 bits per heavy atom. The van der Waals surface area contributed by atoms with E-state index in [2.05, 4.69) is 16.2 Å². The fraction of sp³-hybridized carbons (Fsp3) is 0.306. The first-order chi connectivity index (χ1) is 22.2. The van der Waals surface area contributed by atoms with Crippen LogP contribution in [0.5, 0.6) is 11.6 Å². The van der Waals surface area contributed by atoms with Crippen LogP contribution in [0.3, 0.4) is 0 Å². The minimum atomic E-state index is -2.16. The zero-order chi connectivity index (χ0) is 32.5. The van der Waals surface area contributed by atoms with Crippen molar-refractivity contribution in [3.8, 4) is 24.0 Å². The average molecular weight is 622 g/mol. The second-order valence-electron chi connectivity index (χ2n) is 11.2. The van der Waals surface area contributed by atoms with Gasteiger partial charge in [-0.2, -0.15) is 9.97 Å². The van der Waals surface area contributed by atoms with E-state index >= 15 is 4.39 Å². The number of fused-ring (bicyclic) bond motifs is 1. The Labute approximate surface area is 267 Å². The molecule has 1 saturated heterocycles. The van der Waals surface area contributed by atoms with E-state index < -0.39 is 29.1 Å². The minimum Gasteiger partial charge on any atom is -0.497 e. The molecule has 2 N–H and O–H groups in total. The molecule has 5 aromatic rings. The fourth-order valence-corrected chi connectivity index (χ4v) is 6.23. The molecule has 0 unspecified atom stereocenters. The lowest BCUT2D eigenvalue weighted by Crippen LogP contribution is -2.41. The van der Waals surface area contributed by atoms with Crippen LogP contribution in [0.25, 0.3) is 11.2 Å². The molecule has 3 heterocycles.